The summed E-state index contributed by atoms with van der Waals surface area (Å²) in [4.78, 5) is 11.4. The third-order valence-electron chi connectivity index (χ3n) is 3.45. The molecule has 1 heterocycles. The standard InChI is InChI=1S/C14H19NO5S/c16-14(17)13(10-12-4-2-1-3-5-12)11-21(18,19)15-6-8-20-9-7-15/h1-5,13H,6-11H2,(H,16,17)/t13-/m1/s1. The minimum atomic E-state index is -3.58. The van der Waals surface area contributed by atoms with Gasteiger partial charge in [0, 0.05) is 13.1 Å². The van der Waals surface area contributed by atoms with Crippen molar-refractivity contribution in [1.82, 2.24) is 4.31 Å². The molecule has 2 rings (SSSR count). The molecule has 1 saturated heterocycles. The highest BCUT2D eigenvalue weighted by atomic mass is 32.2. The van der Waals surface area contributed by atoms with Crippen LogP contribution in [0, 0.1) is 5.92 Å². The molecule has 0 saturated carbocycles. The van der Waals surface area contributed by atoms with E-state index >= 15 is 0 Å². The van der Waals surface area contributed by atoms with Gasteiger partial charge >= 0.3 is 5.97 Å². The summed E-state index contributed by atoms with van der Waals surface area (Å²) in [6.45, 7) is 1.30. The molecule has 1 aliphatic rings. The highest BCUT2D eigenvalue weighted by molar-refractivity contribution is 7.89. The topological polar surface area (TPSA) is 83.9 Å². The lowest BCUT2D eigenvalue weighted by molar-refractivity contribution is -0.140. The van der Waals surface area contributed by atoms with Gasteiger partial charge in [-0.15, -0.1) is 0 Å². The first-order valence-electron chi connectivity index (χ1n) is 6.81. The summed E-state index contributed by atoms with van der Waals surface area (Å²) >= 11 is 0. The number of carboxylic acid groups (broad SMARTS) is 1. The second-order valence-electron chi connectivity index (χ2n) is 5.01. The minimum absolute atomic E-state index is 0.208. The molecule has 21 heavy (non-hydrogen) atoms. The Kier molecular flexibility index (Phi) is 5.33. The van der Waals surface area contributed by atoms with Gasteiger partial charge in [-0.3, -0.25) is 4.79 Å². The van der Waals surface area contributed by atoms with E-state index in [9.17, 15) is 18.3 Å². The lowest BCUT2D eigenvalue weighted by Gasteiger charge is -2.27. The quantitative estimate of drug-likeness (QED) is 0.831. The van der Waals surface area contributed by atoms with Crippen molar-refractivity contribution in [3.63, 3.8) is 0 Å². The molecule has 1 N–H and O–H groups in total. The van der Waals surface area contributed by atoms with E-state index in [-0.39, 0.29) is 12.2 Å². The van der Waals surface area contributed by atoms with Crippen LogP contribution in [0.2, 0.25) is 0 Å². The first kappa shape index (κ1) is 15.9. The lowest BCUT2D eigenvalue weighted by Crippen LogP contribution is -2.44. The summed E-state index contributed by atoms with van der Waals surface area (Å²) in [5.41, 5.74) is 0.821. The molecule has 0 bridgehead atoms. The number of morpholine rings is 1. The van der Waals surface area contributed by atoms with E-state index in [0.29, 0.717) is 26.3 Å². The summed E-state index contributed by atoms with van der Waals surface area (Å²) < 4.78 is 31.0. The van der Waals surface area contributed by atoms with Crippen LogP contribution in [-0.4, -0.2) is 55.9 Å². The van der Waals surface area contributed by atoms with Gasteiger partial charge in [0.1, 0.15) is 0 Å². The molecule has 1 atom stereocenters. The van der Waals surface area contributed by atoms with Crippen LogP contribution in [0.1, 0.15) is 5.56 Å². The Hall–Kier alpha value is -1.44. The Balaban J connectivity index is 2.07. The summed E-state index contributed by atoms with van der Waals surface area (Å²) in [5, 5.41) is 9.29. The average Bonchev–Trinajstić information content (AvgIpc) is 2.48. The molecule has 1 aliphatic heterocycles. The van der Waals surface area contributed by atoms with E-state index in [1.54, 1.807) is 12.1 Å². The normalized spacial score (nSPS) is 18.3. The third kappa shape index (κ3) is 4.52. The van der Waals surface area contributed by atoms with Crippen LogP contribution in [0.3, 0.4) is 0 Å². The predicted molar refractivity (Wildman–Crippen MR) is 77.5 cm³/mol. The van der Waals surface area contributed by atoms with Crippen molar-refractivity contribution in [2.45, 2.75) is 6.42 Å². The smallest absolute Gasteiger partial charge is 0.307 e. The molecule has 0 aliphatic carbocycles. The highest BCUT2D eigenvalue weighted by Crippen LogP contribution is 2.15. The number of aliphatic carboxylic acids is 1. The maximum Gasteiger partial charge on any atom is 0.307 e. The van der Waals surface area contributed by atoms with E-state index < -0.39 is 21.9 Å². The van der Waals surface area contributed by atoms with Gasteiger partial charge < -0.3 is 9.84 Å². The van der Waals surface area contributed by atoms with E-state index in [0.717, 1.165) is 5.56 Å². The zero-order chi connectivity index (χ0) is 15.3. The fraction of sp³-hybridized carbons (Fsp3) is 0.500. The second-order valence-corrected chi connectivity index (χ2v) is 7.03. The Morgan fingerprint density at radius 1 is 1.24 bits per heavy atom. The van der Waals surface area contributed by atoms with E-state index in [1.807, 2.05) is 18.2 Å². The van der Waals surface area contributed by atoms with Crippen LogP contribution < -0.4 is 0 Å². The third-order valence-corrected chi connectivity index (χ3v) is 5.42. The SMILES string of the molecule is O=C(O)[C@H](Cc1ccccc1)CS(=O)(=O)N1CCOCC1. The number of carbonyl (C=O) groups is 1. The zero-order valence-electron chi connectivity index (χ0n) is 11.6. The van der Waals surface area contributed by atoms with Gasteiger partial charge in [-0.1, -0.05) is 30.3 Å². The molecule has 0 unspecified atom stereocenters. The van der Waals surface area contributed by atoms with Gasteiger partial charge in [0.15, 0.2) is 0 Å². The van der Waals surface area contributed by atoms with Crippen molar-refractivity contribution in [2.75, 3.05) is 32.1 Å². The van der Waals surface area contributed by atoms with Crippen LogP contribution >= 0.6 is 0 Å². The summed E-state index contributed by atoms with van der Waals surface area (Å²) in [5.74, 6) is -2.41. The van der Waals surface area contributed by atoms with Crippen LogP contribution in [0.4, 0.5) is 0 Å². The molecule has 6 nitrogen and oxygen atoms in total. The van der Waals surface area contributed by atoms with Crippen molar-refractivity contribution in [3.8, 4) is 0 Å². The monoisotopic (exact) mass is 313 g/mol. The van der Waals surface area contributed by atoms with Crippen LogP contribution in [0.5, 0.6) is 0 Å². The van der Waals surface area contributed by atoms with Crippen molar-refractivity contribution in [1.29, 1.82) is 0 Å². The van der Waals surface area contributed by atoms with E-state index in [4.69, 9.17) is 4.74 Å². The van der Waals surface area contributed by atoms with Gasteiger partial charge in [-0.2, -0.15) is 4.31 Å². The number of ether oxygens (including phenoxy) is 1. The zero-order valence-corrected chi connectivity index (χ0v) is 12.5. The number of carboxylic acids is 1. The molecule has 0 amide bonds. The van der Waals surface area contributed by atoms with Crippen LogP contribution in [0.15, 0.2) is 30.3 Å². The average molecular weight is 313 g/mol. The van der Waals surface area contributed by atoms with Crippen molar-refractivity contribution < 1.29 is 23.1 Å². The number of benzene rings is 1. The number of rotatable bonds is 6. The highest BCUT2D eigenvalue weighted by Gasteiger charge is 2.31. The molecule has 1 aromatic rings. The van der Waals surface area contributed by atoms with Gasteiger partial charge in [-0.05, 0) is 12.0 Å². The van der Waals surface area contributed by atoms with Gasteiger partial charge in [0.2, 0.25) is 10.0 Å². The fourth-order valence-electron chi connectivity index (χ4n) is 2.30. The molecule has 0 radical (unpaired) electrons. The van der Waals surface area contributed by atoms with Crippen LogP contribution in [-0.2, 0) is 26.0 Å². The summed E-state index contributed by atoms with van der Waals surface area (Å²) in [6.07, 6.45) is 0.208. The van der Waals surface area contributed by atoms with Crippen molar-refractivity contribution in [2.24, 2.45) is 5.92 Å². The van der Waals surface area contributed by atoms with E-state index in [1.165, 1.54) is 4.31 Å². The number of hydrogen-bond donors (Lipinski definition) is 1. The Bertz CT molecular complexity index is 566. The maximum absolute atomic E-state index is 12.3. The van der Waals surface area contributed by atoms with Gasteiger partial charge in [0.25, 0.3) is 0 Å². The number of sulfonamides is 1. The molecule has 7 heteroatoms. The molecule has 1 fully saturated rings. The van der Waals surface area contributed by atoms with Crippen LogP contribution in [0.25, 0.3) is 0 Å². The first-order chi connectivity index (χ1) is 9.99. The number of hydrogen-bond acceptors (Lipinski definition) is 4. The minimum Gasteiger partial charge on any atom is -0.481 e. The predicted octanol–water partition coefficient (Wildman–Crippen LogP) is 0.592. The second kappa shape index (κ2) is 7.02. The molecular formula is C14H19NO5S. The van der Waals surface area contributed by atoms with Gasteiger partial charge in [0.05, 0.1) is 24.9 Å². The largest absolute Gasteiger partial charge is 0.481 e. The maximum atomic E-state index is 12.3. The van der Waals surface area contributed by atoms with Crippen molar-refractivity contribution in [3.05, 3.63) is 35.9 Å². The Morgan fingerprint density at radius 2 is 1.86 bits per heavy atom. The fourth-order valence-corrected chi connectivity index (χ4v) is 3.99. The lowest BCUT2D eigenvalue weighted by atomic mass is 10.0. The summed E-state index contributed by atoms with van der Waals surface area (Å²) in [6, 6.07) is 9.06. The Morgan fingerprint density at radius 3 is 2.43 bits per heavy atom. The van der Waals surface area contributed by atoms with Crippen molar-refractivity contribution >= 4 is 16.0 Å². The number of nitrogens with zero attached hydrogens (tertiary/aromatic N) is 1. The molecule has 116 valence electrons. The van der Waals surface area contributed by atoms with E-state index in [2.05, 4.69) is 0 Å². The molecular weight excluding hydrogens is 294 g/mol. The Labute approximate surface area is 124 Å². The molecule has 1 aromatic carbocycles. The summed E-state index contributed by atoms with van der Waals surface area (Å²) in [7, 11) is -3.58. The van der Waals surface area contributed by atoms with Gasteiger partial charge in [-0.25, -0.2) is 8.42 Å². The molecule has 0 spiro atoms. The molecule has 0 aromatic heterocycles. The first-order valence-corrected chi connectivity index (χ1v) is 8.42.